The van der Waals surface area contributed by atoms with Gasteiger partial charge in [0.2, 0.25) is 5.91 Å². The molecule has 2 aromatic rings. The Balaban J connectivity index is 1.40. The standard InChI is InChI=1S/C20H19FN2O3/c21-15-6-3-5-14(13-15)10-11-22-18(24)9-4-12-23-19(25)16-7-1-2-8-17(16)20(23)26/h1-3,5-8,13H,4,9-12H2,(H,22,24). The average molecular weight is 354 g/mol. The summed E-state index contributed by atoms with van der Waals surface area (Å²) < 4.78 is 13.1. The molecule has 0 radical (unpaired) electrons. The Bertz CT molecular complexity index is 815. The van der Waals surface area contributed by atoms with Crippen LogP contribution in [-0.2, 0) is 11.2 Å². The lowest BCUT2D eigenvalue weighted by molar-refractivity contribution is -0.121. The van der Waals surface area contributed by atoms with Crippen molar-refractivity contribution in [1.82, 2.24) is 10.2 Å². The molecule has 1 aliphatic rings. The molecule has 0 atom stereocenters. The monoisotopic (exact) mass is 354 g/mol. The van der Waals surface area contributed by atoms with Crippen LogP contribution in [0.2, 0.25) is 0 Å². The third-order valence-electron chi connectivity index (χ3n) is 4.29. The molecule has 0 saturated carbocycles. The Morgan fingerprint density at radius 2 is 1.69 bits per heavy atom. The molecule has 0 spiro atoms. The van der Waals surface area contributed by atoms with E-state index in [1.807, 2.05) is 0 Å². The van der Waals surface area contributed by atoms with Crippen LogP contribution >= 0.6 is 0 Å². The van der Waals surface area contributed by atoms with Crippen molar-refractivity contribution in [3.63, 3.8) is 0 Å². The van der Waals surface area contributed by atoms with Crippen LogP contribution in [0.25, 0.3) is 0 Å². The fraction of sp³-hybridized carbons (Fsp3) is 0.250. The number of nitrogens with zero attached hydrogens (tertiary/aromatic N) is 1. The Kier molecular flexibility index (Phi) is 5.41. The number of rotatable bonds is 7. The van der Waals surface area contributed by atoms with Gasteiger partial charge in [0.25, 0.3) is 11.8 Å². The third kappa shape index (κ3) is 3.96. The molecular formula is C20H19FN2O3. The Labute approximate surface area is 150 Å². The summed E-state index contributed by atoms with van der Waals surface area (Å²) in [7, 11) is 0. The van der Waals surface area contributed by atoms with E-state index in [4.69, 9.17) is 0 Å². The van der Waals surface area contributed by atoms with Crippen molar-refractivity contribution in [2.24, 2.45) is 0 Å². The zero-order valence-corrected chi connectivity index (χ0v) is 14.2. The van der Waals surface area contributed by atoms with Crippen LogP contribution in [0.15, 0.2) is 48.5 Å². The van der Waals surface area contributed by atoms with Crippen LogP contribution in [-0.4, -0.2) is 35.7 Å². The Morgan fingerprint density at radius 3 is 2.35 bits per heavy atom. The maximum absolute atomic E-state index is 13.1. The van der Waals surface area contributed by atoms with Gasteiger partial charge in [0.1, 0.15) is 5.82 Å². The number of carbonyl (C=O) groups excluding carboxylic acids is 3. The van der Waals surface area contributed by atoms with Crippen molar-refractivity contribution in [1.29, 1.82) is 0 Å². The molecule has 0 aromatic heterocycles. The van der Waals surface area contributed by atoms with Gasteiger partial charge in [-0.15, -0.1) is 0 Å². The number of fused-ring (bicyclic) bond motifs is 1. The Hall–Kier alpha value is -3.02. The first kappa shape index (κ1) is 17.8. The first-order valence-corrected chi connectivity index (χ1v) is 8.52. The molecule has 0 bridgehead atoms. The van der Waals surface area contributed by atoms with Gasteiger partial charge in [-0.05, 0) is 42.7 Å². The highest BCUT2D eigenvalue weighted by Gasteiger charge is 2.34. The number of hydrogen-bond donors (Lipinski definition) is 1. The molecule has 1 aliphatic heterocycles. The molecule has 1 N–H and O–H groups in total. The average Bonchev–Trinajstić information content (AvgIpc) is 2.87. The lowest BCUT2D eigenvalue weighted by atomic mass is 10.1. The van der Waals surface area contributed by atoms with Gasteiger partial charge in [0.05, 0.1) is 11.1 Å². The van der Waals surface area contributed by atoms with Crippen LogP contribution in [0.1, 0.15) is 39.1 Å². The Morgan fingerprint density at radius 1 is 1.00 bits per heavy atom. The number of carbonyl (C=O) groups is 3. The van der Waals surface area contributed by atoms with Crippen LogP contribution in [0.3, 0.4) is 0 Å². The molecule has 26 heavy (non-hydrogen) atoms. The third-order valence-corrected chi connectivity index (χ3v) is 4.29. The van der Waals surface area contributed by atoms with Gasteiger partial charge in [0.15, 0.2) is 0 Å². The zero-order chi connectivity index (χ0) is 18.5. The smallest absolute Gasteiger partial charge is 0.261 e. The summed E-state index contributed by atoms with van der Waals surface area (Å²) in [5.41, 5.74) is 1.64. The van der Waals surface area contributed by atoms with E-state index in [1.54, 1.807) is 36.4 Å². The number of benzene rings is 2. The van der Waals surface area contributed by atoms with Crippen molar-refractivity contribution in [2.45, 2.75) is 19.3 Å². The highest BCUT2D eigenvalue weighted by molar-refractivity contribution is 6.21. The highest BCUT2D eigenvalue weighted by Crippen LogP contribution is 2.22. The summed E-state index contributed by atoms with van der Waals surface area (Å²) in [4.78, 5) is 37.5. The molecule has 1 heterocycles. The van der Waals surface area contributed by atoms with E-state index >= 15 is 0 Å². The van der Waals surface area contributed by atoms with Gasteiger partial charge in [0, 0.05) is 19.5 Å². The van der Waals surface area contributed by atoms with Gasteiger partial charge >= 0.3 is 0 Å². The van der Waals surface area contributed by atoms with Gasteiger partial charge < -0.3 is 5.32 Å². The molecular weight excluding hydrogens is 335 g/mol. The van der Waals surface area contributed by atoms with Crippen LogP contribution in [0.4, 0.5) is 4.39 Å². The van der Waals surface area contributed by atoms with E-state index in [-0.39, 0.29) is 36.5 Å². The van der Waals surface area contributed by atoms with E-state index < -0.39 is 0 Å². The molecule has 2 aromatic carbocycles. The van der Waals surface area contributed by atoms with E-state index in [9.17, 15) is 18.8 Å². The van der Waals surface area contributed by atoms with E-state index in [0.717, 1.165) is 5.56 Å². The van der Waals surface area contributed by atoms with Gasteiger partial charge in [-0.1, -0.05) is 24.3 Å². The SMILES string of the molecule is O=C(CCCN1C(=O)c2ccccc2C1=O)NCCc1cccc(F)c1. The second-order valence-electron chi connectivity index (χ2n) is 6.14. The van der Waals surface area contributed by atoms with Gasteiger partial charge in [-0.3, -0.25) is 19.3 Å². The number of nitrogens with one attached hydrogen (secondary N) is 1. The highest BCUT2D eigenvalue weighted by atomic mass is 19.1. The van der Waals surface area contributed by atoms with Gasteiger partial charge in [-0.2, -0.15) is 0 Å². The number of imide groups is 1. The van der Waals surface area contributed by atoms with Crippen LogP contribution < -0.4 is 5.32 Å². The summed E-state index contributed by atoms with van der Waals surface area (Å²) >= 11 is 0. The molecule has 0 aliphatic carbocycles. The normalized spacial score (nSPS) is 13.0. The number of halogens is 1. The molecule has 0 unspecified atom stereocenters. The van der Waals surface area contributed by atoms with E-state index in [1.165, 1.54) is 17.0 Å². The zero-order valence-electron chi connectivity index (χ0n) is 14.2. The van der Waals surface area contributed by atoms with Crippen molar-refractivity contribution in [2.75, 3.05) is 13.1 Å². The van der Waals surface area contributed by atoms with E-state index in [2.05, 4.69) is 5.32 Å². The second kappa shape index (κ2) is 7.91. The maximum Gasteiger partial charge on any atom is 0.261 e. The quantitative estimate of drug-likeness (QED) is 0.777. The topological polar surface area (TPSA) is 66.5 Å². The summed E-state index contributed by atoms with van der Waals surface area (Å²) in [6.07, 6.45) is 1.16. The molecule has 5 nitrogen and oxygen atoms in total. The number of hydrogen-bond acceptors (Lipinski definition) is 3. The molecule has 0 fully saturated rings. The van der Waals surface area contributed by atoms with E-state index in [0.29, 0.717) is 30.5 Å². The largest absolute Gasteiger partial charge is 0.356 e. The van der Waals surface area contributed by atoms with Crippen LogP contribution in [0.5, 0.6) is 0 Å². The summed E-state index contributed by atoms with van der Waals surface area (Å²) in [6, 6.07) is 13.0. The lowest BCUT2D eigenvalue weighted by Crippen LogP contribution is -2.32. The fourth-order valence-electron chi connectivity index (χ4n) is 2.97. The maximum atomic E-state index is 13.1. The fourth-order valence-corrected chi connectivity index (χ4v) is 2.97. The van der Waals surface area contributed by atoms with Crippen molar-refractivity contribution < 1.29 is 18.8 Å². The second-order valence-corrected chi connectivity index (χ2v) is 6.14. The molecule has 0 saturated heterocycles. The predicted molar refractivity (Wildman–Crippen MR) is 94.2 cm³/mol. The first-order chi connectivity index (χ1) is 12.6. The van der Waals surface area contributed by atoms with Crippen LogP contribution in [0, 0.1) is 5.82 Å². The molecule has 6 heteroatoms. The van der Waals surface area contributed by atoms with Crippen molar-refractivity contribution >= 4 is 17.7 Å². The molecule has 134 valence electrons. The molecule has 3 amide bonds. The number of amides is 3. The van der Waals surface area contributed by atoms with Crippen molar-refractivity contribution in [3.8, 4) is 0 Å². The van der Waals surface area contributed by atoms with Gasteiger partial charge in [-0.25, -0.2) is 4.39 Å². The minimum Gasteiger partial charge on any atom is -0.356 e. The summed E-state index contributed by atoms with van der Waals surface area (Å²) in [5, 5.41) is 2.77. The lowest BCUT2D eigenvalue weighted by Gasteiger charge is -2.13. The minimum absolute atomic E-state index is 0.155. The minimum atomic E-state index is -0.308. The predicted octanol–water partition coefficient (Wildman–Crippen LogP) is 2.56. The summed E-state index contributed by atoms with van der Waals surface area (Å²) in [6.45, 7) is 0.624. The summed E-state index contributed by atoms with van der Waals surface area (Å²) in [5.74, 6) is -1.07. The first-order valence-electron chi connectivity index (χ1n) is 8.52. The van der Waals surface area contributed by atoms with Crippen molar-refractivity contribution in [3.05, 3.63) is 71.0 Å². The molecule has 3 rings (SSSR count).